The van der Waals surface area contributed by atoms with Crippen LogP contribution in [0.15, 0.2) is 28.7 Å². The van der Waals surface area contributed by atoms with Gasteiger partial charge in [0.2, 0.25) is 0 Å². The molecule has 0 saturated carbocycles. The topological polar surface area (TPSA) is 24.5 Å². The van der Waals surface area contributed by atoms with Gasteiger partial charge in [-0.3, -0.25) is 4.90 Å². The van der Waals surface area contributed by atoms with Crippen LogP contribution in [0.2, 0.25) is 0 Å². The van der Waals surface area contributed by atoms with Crippen molar-refractivity contribution in [2.75, 3.05) is 32.8 Å². The highest BCUT2D eigenvalue weighted by atomic mass is 79.9. The molecule has 1 heterocycles. The van der Waals surface area contributed by atoms with Crippen LogP contribution in [0.4, 0.5) is 0 Å². The predicted molar refractivity (Wildman–Crippen MR) is 91.6 cm³/mol. The Kier molecular flexibility index (Phi) is 7.17. The summed E-state index contributed by atoms with van der Waals surface area (Å²) in [4.78, 5) is 2.54. The normalized spacial score (nSPS) is 21.4. The first-order chi connectivity index (χ1) is 10.2. The lowest BCUT2D eigenvalue weighted by molar-refractivity contribution is -0.0305. The molecule has 0 spiro atoms. The van der Waals surface area contributed by atoms with Crippen molar-refractivity contribution in [2.24, 2.45) is 0 Å². The van der Waals surface area contributed by atoms with Gasteiger partial charge >= 0.3 is 0 Å². The molecule has 1 saturated heterocycles. The van der Waals surface area contributed by atoms with Crippen LogP contribution in [0.5, 0.6) is 0 Å². The molecule has 2 unspecified atom stereocenters. The minimum absolute atomic E-state index is 0.420. The maximum atomic E-state index is 5.75. The Hall–Kier alpha value is -0.420. The number of morpholine rings is 1. The number of ether oxygens (including phenoxy) is 1. The lowest BCUT2D eigenvalue weighted by Gasteiger charge is -2.33. The van der Waals surface area contributed by atoms with Crippen LogP contribution in [0.3, 0.4) is 0 Å². The van der Waals surface area contributed by atoms with Gasteiger partial charge in [0, 0.05) is 30.1 Å². The highest BCUT2D eigenvalue weighted by Crippen LogP contribution is 2.20. The van der Waals surface area contributed by atoms with Crippen LogP contribution < -0.4 is 5.32 Å². The van der Waals surface area contributed by atoms with Gasteiger partial charge in [0.05, 0.1) is 12.7 Å². The number of nitrogens with zero attached hydrogens (tertiary/aromatic N) is 1. The highest BCUT2D eigenvalue weighted by Gasteiger charge is 2.20. The summed E-state index contributed by atoms with van der Waals surface area (Å²) in [7, 11) is 0. The molecule has 1 aromatic rings. The smallest absolute Gasteiger partial charge is 0.0700 e. The maximum Gasteiger partial charge on any atom is 0.0700 e. The molecule has 0 aliphatic carbocycles. The molecular formula is C17H27BrN2O. The minimum atomic E-state index is 0.420. The second-order valence-corrected chi connectivity index (χ2v) is 6.57. The van der Waals surface area contributed by atoms with Crippen LogP contribution in [0.25, 0.3) is 0 Å². The molecule has 1 N–H and O–H groups in total. The molecule has 118 valence electrons. The minimum Gasteiger partial charge on any atom is -0.376 e. The van der Waals surface area contributed by atoms with E-state index in [9.17, 15) is 0 Å². The summed E-state index contributed by atoms with van der Waals surface area (Å²) in [5.74, 6) is 0. The van der Waals surface area contributed by atoms with Gasteiger partial charge in [0.25, 0.3) is 0 Å². The molecule has 2 atom stereocenters. The van der Waals surface area contributed by atoms with Gasteiger partial charge in [-0.15, -0.1) is 0 Å². The Morgan fingerprint density at radius 2 is 2.10 bits per heavy atom. The van der Waals surface area contributed by atoms with Crippen molar-refractivity contribution >= 4 is 15.9 Å². The molecule has 1 aromatic carbocycles. The fraction of sp³-hybridized carbons (Fsp3) is 0.647. The molecule has 1 fully saturated rings. The molecule has 0 radical (unpaired) electrons. The third kappa shape index (κ3) is 5.37. The number of hydrogen-bond acceptors (Lipinski definition) is 3. The Morgan fingerprint density at radius 1 is 1.33 bits per heavy atom. The van der Waals surface area contributed by atoms with Crippen molar-refractivity contribution in [1.82, 2.24) is 10.2 Å². The molecule has 0 bridgehead atoms. The van der Waals surface area contributed by atoms with Crippen molar-refractivity contribution in [3.05, 3.63) is 34.3 Å². The number of rotatable bonds is 7. The zero-order chi connectivity index (χ0) is 15.1. The fourth-order valence-electron chi connectivity index (χ4n) is 2.87. The van der Waals surface area contributed by atoms with Crippen molar-refractivity contribution in [3.63, 3.8) is 0 Å². The van der Waals surface area contributed by atoms with Crippen molar-refractivity contribution in [1.29, 1.82) is 0 Å². The van der Waals surface area contributed by atoms with Gasteiger partial charge in [0.15, 0.2) is 0 Å². The Morgan fingerprint density at radius 3 is 2.76 bits per heavy atom. The fourth-order valence-corrected chi connectivity index (χ4v) is 3.13. The van der Waals surface area contributed by atoms with E-state index in [0.717, 1.165) is 50.1 Å². The third-order valence-electron chi connectivity index (χ3n) is 4.14. The summed E-state index contributed by atoms with van der Waals surface area (Å²) < 4.78 is 6.89. The molecule has 21 heavy (non-hydrogen) atoms. The summed E-state index contributed by atoms with van der Waals surface area (Å²) >= 11 is 3.51. The number of hydrogen-bond donors (Lipinski definition) is 1. The number of halogens is 1. The van der Waals surface area contributed by atoms with E-state index in [1.54, 1.807) is 0 Å². The maximum absolute atomic E-state index is 5.75. The number of nitrogens with one attached hydrogen (secondary N) is 1. The van der Waals surface area contributed by atoms with Crippen LogP contribution in [-0.4, -0.2) is 43.8 Å². The lowest BCUT2D eigenvalue weighted by atomic mass is 10.0. The summed E-state index contributed by atoms with van der Waals surface area (Å²) in [5, 5.41) is 3.61. The molecule has 3 nitrogen and oxygen atoms in total. The summed E-state index contributed by atoms with van der Waals surface area (Å²) in [6.45, 7) is 9.54. The average molecular weight is 355 g/mol. The van der Waals surface area contributed by atoms with E-state index < -0.39 is 0 Å². The molecule has 1 aliphatic rings. The standard InChI is InChI=1S/C17H27BrN2O/c1-3-16-13-20(11-12-21-16)10-9-17(19-4-2)14-5-7-15(18)8-6-14/h5-8,16-17,19H,3-4,9-13H2,1-2H3. The van der Waals surface area contributed by atoms with E-state index >= 15 is 0 Å². The van der Waals surface area contributed by atoms with Gasteiger partial charge in [0.1, 0.15) is 0 Å². The molecule has 4 heteroatoms. The predicted octanol–water partition coefficient (Wildman–Crippen LogP) is 3.60. The quantitative estimate of drug-likeness (QED) is 0.809. The van der Waals surface area contributed by atoms with Crippen LogP contribution in [0, 0.1) is 0 Å². The second kappa shape index (κ2) is 8.89. The zero-order valence-corrected chi connectivity index (χ0v) is 14.7. The largest absolute Gasteiger partial charge is 0.376 e. The first kappa shape index (κ1) is 16.9. The first-order valence-corrected chi connectivity index (χ1v) is 8.85. The third-order valence-corrected chi connectivity index (χ3v) is 4.66. The summed E-state index contributed by atoms with van der Waals surface area (Å²) in [6, 6.07) is 9.12. The first-order valence-electron chi connectivity index (χ1n) is 8.05. The van der Waals surface area contributed by atoms with Gasteiger partial charge in [-0.2, -0.15) is 0 Å². The van der Waals surface area contributed by atoms with Gasteiger partial charge in [-0.05, 0) is 37.1 Å². The van der Waals surface area contributed by atoms with E-state index in [0.29, 0.717) is 12.1 Å². The van der Waals surface area contributed by atoms with E-state index in [-0.39, 0.29) is 0 Å². The van der Waals surface area contributed by atoms with Crippen LogP contribution >= 0.6 is 15.9 Å². The molecule has 0 aromatic heterocycles. The van der Waals surface area contributed by atoms with Crippen molar-refractivity contribution in [3.8, 4) is 0 Å². The van der Waals surface area contributed by atoms with E-state index in [1.807, 2.05) is 0 Å². The van der Waals surface area contributed by atoms with Crippen LogP contribution in [-0.2, 0) is 4.74 Å². The Balaban J connectivity index is 1.89. The summed E-state index contributed by atoms with van der Waals surface area (Å²) in [6.07, 6.45) is 2.68. The van der Waals surface area contributed by atoms with Gasteiger partial charge < -0.3 is 10.1 Å². The van der Waals surface area contributed by atoms with Gasteiger partial charge in [-0.1, -0.05) is 41.9 Å². The highest BCUT2D eigenvalue weighted by molar-refractivity contribution is 9.10. The monoisotopic (exact) mass is 354 g/mol. The Bertz CT molecular complexity index is 410. The molecular weight excluding hydrogens is 328 g/mol. The summed E-state index contributed by atoms with van der Waals surface area (Å²) in [5.41, 5.74) is 1.38. The molecule has 2 rings (SSSR count). The van der Waals surface area contributed by atoms with E-state index in [4.69, 9.17) is 4.74 Å². The van der Waals surface area contributed by atoms with Gasteiger partial charge in [-0.25, -0.2) is 0 Å². The van der Waals surface area contributed by atoms with E-state index in [2.05, 4.69) is 64.3 Å². The van der Waals surface area contributed by atoms with Crippen LogP contribution in [0.1, 0.15) is 38.3 Å². The SMILES string of the molecule is CCNC(CCN1CCOC(CC)C1)c1ccc(Br)cc1. The van der Waals surface area contributed by atoms with Crippen molar-refractivity contribution in [2.45, 2.75) is 38.8 Å². The molecule has 0 amide bonds. The zero-order valence-electron chi connectivity index (χ0n) is 13.1. The lowest BCUT2D eigenvalue weighted by Crippen LogP contribution is -2.43. The number of benzene rings is 1. The molecule has 1 aliphatic heterocycles. The average Bonchev–Trinajstić information content (AvgIpc) is 2.52. The second-order valence-electron chi connectivity index (χ2n) is 5.65. The van der Waals surface area contributed by atoms with E-state index in [1.165, 1.54) is 5.56 Å². The van der Waals surface area contributed by atoms with Crippen molar-refractivity contribution < 1.29 is 4.74 Å². The Labute approximate surface area is 137 Å².